The molecule has 18 heavy (non-hydrogen) atoms. The highest BCUT2D eigenvalue weighted by Gasteiger charge is 2.33. The van der Waals surface area contributed by atoms with E-state index >= 15 is 0 Å². The molecule has 1 aliphatic heterocycles. The van der Waals surface area contributed by atoms with Crippen molar-refractivity contribution in [3.8, 4) is 0 Å². The van der Waals surface area contributed by atoms with Gasteiger partial charge in [-0.3, -0.25) is 10.1 Å². The second-order valence-electron chi connectivity index (χ2n) is 4.53. The van der Waals surface area contributed by atoms with Crippen LogP contribution in [0.1, 0.15) is 25.0 Å². The summed E-state index contributed by atoms with van der Waals surface area (Å²) >= 11 is 0. The highest BCUT2D eigenvalue weighted by atomic mass is 16.6. The number of hydrogen-bond acceptors (Lipinski definition) is 5. The highest BCUT2D eigenvalue weighted by Crippen LogP contribution is 2.34. The first-order valence-electron chi connectivity index (χ1n) is 5.96. The molecule has 0 aromatic carbocycles. The smallest absolute Gasteiger partial charge is 0.333 e. The van der Waals surface area contributed by atoms with Crippen LogP contribution in [0.15, 0.2) is 0 Å². The summed E-state index contributed by atoms with van der Waals surface area (Å²) in [5.41, 5.74) is 0.388. The second-order valence-corrected chi connectivity index (χ2v) is 4.53. The minimum absolute atomic E-state index is 0.00579. The highest BCUT2D eigenvalue weighted by molar-refractivity contribution is 5.70. The lowest BCUT2D eigenvalue weighted by molar-refractivity contribution is -0.384. The lowest BCUT2D eigenvalue weighted by atomic mass is 10.0. The van der Waals surface area contributed by atoms with Crippen LogP contribution >= 0.6 is 0 Å². The fourth-order valence-electron chi connectivity index (χ4n) is 2.53. The van der Waals surface area contributed by atoms with Crippen molar-refractivity contribution in [1.29, 1.82) is 0 Å². The van der Waals surface area contributed by atoms with Crippen LogP contribution in [0.2, 0.25) is 0 Å². The molecule has 0 saturated carbocycles. The molecule has 1 unspecified atom stereocenters. The summed E-state index contributed by atoms with van der Waals surface area (Å²) in [6.45, 7) is 2.27. The fourth-order valence-corrected chi connectivity index (χ4v) is 2.53. The number of piperidine rings is 1. The summed E-state index contributed by atoms with van der Waals surface area (Å²) in [6.07, 6.45) is 3.52. The minimum atomic E-state index is -0.422. The molecule has 98 valence electrons. The number of rotatable bonds is 3. The van der Waals surface area contributed by atoms with E-state index in [1.54, 1.807) is 18.9 Å². The molecular formula is C11H16N4O3. The Balaban J connectivity index is 2.48. The third kappa shape index (κ3) is 1.96. The predicted molar refractivity (Wildman–Crippen MR) is 65.6 cm³/mol. The molecule has 7 nitrogen and oxygen atoms in total. The molecule has 0 N–H and O–H groups in total. The van der Waals surface area contributed by atoms with E-state index in [2.05, 4.69) is 5.10 Å². The number of nitro groups is 1. The van der Waals surface area contributed by atoms with Crippen molar-refractivity contribution in [2.24, 2.45) is 7.05 Å². The molecule has 0 bridgehead atoms. The van der Waals surface area contributed by atoms with E-state index in [9.17, 15) is 14.9 Å². The molecule has 2 rings (SSSR count). The molecule has 0 spiro atoms. The zero-order valence-corrected chi connectivity index (χ0v) is 10.5. The molecule has 0 radical (unpaired) electrons. The zero-order valence-electron chi connectivity index (χ0n) is 10.5. The molecule has 7 heteroatoms. The number of aryl methyl sites for hydroxylation is 2. The summed E-state index contributed by atoms with van der Waals surface area (Å²) < 4.78 is 1.50. The van der Waals surface area contributed by atoms with Gasteiger partial charge in [-0.05, 0) is 26.2 Å². The van der Waals surface area contributed by atoms with Crippen LogP contribution < -0.4 is 4.90 Å². The molecular weight excluding hydrogens is 236 g/mol. The van der Waals surface area contributed by atoms with Gasteiger partial charge in [0, 0.05) is 13.6 Å². The fraction of sp³-hybridized carbons (Fsp3) is 0.636. The average Bonchev–Trinajstić information content (AvgIpc) is 2.64. The number of aldehydes is 1. The van der Waals surface area contributed by atoms with Crippen molar-refractivity contribution in [3.63, 3.8) is 0 Å². The molecule has 1 saturated heterocycles. The van der Waals surface area contributed by atoms with E-state index in [1.807, 2.05) is 0 Å². The lowest BCUT2D eigenvalue weighted by Gasteiger charge is -2.33. The van der Waals surface area contributed by atoms with E-state index < -0.39 is 4.92 Å². The van der Waals surface area contributed by atoms with Gasteiger partial charge in [-0.25, -0.2) is 4.68 Å². The molecule has 2 heterocycles. The maximum Gasteiger partial charge on any atom is 0.333 e. The Morgan fingerprint density at radius 3 is 2.83 bits per heavy atom. The van der Waals surface area contributed by atoms with E-state index in [-0.39, 0.29) is 11.7 Å². The maximum absolute atomic E-state index is 11.1. The molecule has 0 aliphatic carbocycles. The molecule has 0 amide bonds. The van der Waals surface area contributed by atoms with Crippen LogP contribution in [0, 0.1) is 17.0 Å². The average molecular weight is 252 g/mol. The van der Waals surface area contributed by atoms with Crippen LogP contribution in [0.4, 0.5) is 11.5 Å². The lowest BCUT2D eigenvalue weighted by Crippen LogP contribution is -2.42. The third-order valence-electron chi connectivity index (χ3n) is 3.32. The Hall–Kier alpha value is -1.92. The van der Waals surface area contributed by atoms with E-state index in [0.29, 0.717) is 18.1 Å². The normalized spacial score (nSPS) is 19.9. The summed E-state index contributed by atoms with van der Waals surface area (Å²) in [6, 6.07) is -0.285. The second kappa shape index (κ2) is 4.75. The first-order chi connectivity index (χ1) is 8.56. The first kappa shape index (κ1) is 12.5. The number of anilines is 1. The van der Waals surface area contributed by atoms with Crippen molar-refractivity contribution in [3.05, 3.63) is 15.8 Å². The largest absolute Gasteiger partial charge is 0.341 e. The Bertz CT molecular complexity index is 483. The Morgan fingerprint density at radius 1 is 1.50 bits per heavy atom. The zero-order chi connectivity index (χ0) is 13.3. The van der Waals surface area contributed by atoms with Crippen molar-refractivity contribution >= 4 is 17.8 Å². The van der Waals surface area contributed by atoms with Gasteiger partial charge in [-0.1, -0.05) is 0 Å². The number of aromatic nitrogens is 2. The van der Waals surface area contributed by atoms with Crippen LogP contribution in [0.3, 0.4) is 0 Å². The Labute approximate surface area is 105 Å². The SMILES string of the molecule is Cc1nn(C)c(N2CCCCC2C=O)c1[N+](=O)[O-]. The van der Waals surface area contributed by atoms with Crippen LogP contribution in [-0.2, 0) is 11.8 Å². The molecule has 1 fully saturated rings. The Morgan fingerprint density at radius 2 is 2.22 bits per heavy atom. The number of nitrogens with zero attached hydrogens (tertiary/aromatic N) is 4. The molecule has 1 aromatic heterocycles. The van der Waals surface area contributed by atoms with Gasteiger partial charge < -0.3 is 9.69 Å². The summed E-state index contributed by atoms with van der Waals surface area (Å²) in [5, 5.41) is 15.2. The van der Waals surface area contributed by atoms with Crippen LogP contribution in [0.5, 0.6) is 0 Å². The quantitative estimate of drug-likeness (QED) is 0.458. The molecule has 1 atom stereocenters. The van der Waals surface area contributed by atoms with Crippen LogP contribution in [0.25, 0.3) is 0 Å². The minimum Gasteiger partial charge on any atom is -0.341 e. The summed E-state index contributed by atoms with van der Waals surface area (Å²) in [7, 11) is 1.67. The van der Waals surface area contributed by atoms with Gasteiger partial charge in [0.1, 0.15) is 12.0 Å². The number of carbonyl (C=O) groups excluding carboxylic acids is 1. The van der Waals surface area contributed by atoms with Crippen LogP contribution in [-0.4, -0.2) is 33.6 Å². The molecule has 1 aromatic rings. The number of hydrogen-bond donors (Lipinski definition) is 0. The Kier molecular flexibility index (Phi) is 3.31. The standard InChI is InChI=1S/C11H16N4O3/c1-8-10(15(17)18)11(13(2)12-8)14-6-4-3-5-9(14)7-16/h7,9H,3-6H2,1-2H3. The van der Waals surface area contributed by atoms with Gasteiger partial charge in [-0.2, -0.15) is 5.10 Å². The van der Waals surface area contributed by atoms with Gasteiger partial charge >= 0.3 is 5.69 Å². The van der Waals surface area contributed by atoms with Crippen molar-refractivity contribution < 1.29 is 9.72 Å². The number of carbonyl (C=O) groups is 1. The van der Waals surface area contributed by atoms with Crippen molar-refractivity contribution in [1.82, 2.24) is 9.78 Å². The molecule has 1 aliphatic rings. The van der Waals surface area contributed by atoms with Gasteiger partial charge in [0.15, 0.2) is 0 Å². The maximum atomic E-state index is 11.1. The van der Waals surface area contributed by atoms with E-state index in [4.69, 9.17) is 0 Å². The van der Waals surface area contributed by atoms with Gasteiger partial charge in [0.05, 0.1) is 11.0 Å². The first-order valence-corrected chi connectivity index (χ1v) is 5.96. The van der Waals surface area contributed by atoms with E-state index in [1.165, 1.54) is 4.68 Å². The van der Waals surface area contributed by atoms with Gasteiger partial charge in [0.25, 0.3) is 0 Å². The van der Waals surface area contributed by atoms with Gasteiger partial charge in [0.2, 0.25) is 5.82 Å². The topological polar surface area (TPSA) is 81.3 Å². The summed E-state index contributed by atoms with van der Waals surface area (Å²) in [4.78, 5) is 23.6. The van der Waals surface area contributed by atoms with Crippen molar-refractivity contribution in [2.45, 2.75) is 32.2 Å². The third-order valence-corrected chi connectivity index (χ3v) is 3.32. The summed E-state index contributed by atoms with van der Waals surface area (Å²) in [5.74, 6) is 0.439. The monoisotopic (exact) mass is 252 g/mol. The van der Waals surface area contributed by atoms with Gasteiger partial charge in [-0.15, -0.1) is 0 Å². The van der Waals surface area contributed by atoms with E-state index in [0.717, 1.165) is 25.5 Å². The van der Waals surface area contributed by atoms with Crippen molar-refractivity contribution in [2.75, 3.05) is 11.4 Å². The predicted octanol–water partition coefficient (Wildman–Crippen LogP) is 1.19.